The van der Waals surface area contributed by atoms with E-state index in [1.807, 2.05) is 11.8 Å². The van der Waals surface area contributed by atoms with Gasteiger partial charge in [0, 0.05) is 16.2 Å². The van der Waals surface area contributed by atoms with E-state index >= 15 is 0 Å². The Labute approximate surface area is 110 Å². The molecule has 0 aliphatic heterocycles. The number of hydrogen-bond donors (Lipinski definition) is 2. The first-order valence-electron chi connectivity index (χ1n) is 6.36. The zero-order valence-corrected chi connectivity index (χ0v) is 10.9. The number of aromatic nitrogens is 2. The standard InChI is InChI=1S/C14H16N2OS/c17-14-9-13(15-16-14)10-5-7-12(8-6-10)18-11-3-1-2-4-11/h5-9,11H,1-4H2,(H2,15,16,17). The quantitative estimate of drug-likeness (QED) is 0.888. The molecular weight excluding hydrogens is 244 g/mol. The summed E-state index contributed by atoms with van der Waals surface area (Å²) in [6, 6.07) is 10.00. The van der Waals surface area contributed by atoms with Gasteiger partial charge in [0.25, 0.3) is 5.56 Å². The zero-order chi connectivity index (χ0) is 12.4. The Morgan fingerprint density at radius 3 is 2.39 bits per heavy atom. The molecule has 3 nitrogen and oxygen atoms in total. The van der Waals surface area contributed by atoms with Gasteiger partial charge in [0.1, 0.15) is 0 Å². The molecule has 1 aliphatic rings. The number of benzene rings is 1. The molecule has 4 heteroatoms. The van der Waals surface area contributed by atoms with E-state index in [1.165, 1.54) is 30.6 Å². The van der Waals surface area contributed by atoms with Crippen molar-refractivity contribution in [2.24, 2.45) is 0 Å². The molecule has 0 atom stereocenters. The van der Waals surface area contributed by atoms with Crippen LogP contribution in [0.1, 0.15) is 25.7 Å². The van der Waals surface area contributed by atoms with E-state index in [0.29, 0.717) is 0 Å². The summed E-state index contributed by atoms with van der Waals surface area (Å²) in [4.78, 5) is 12.4. The van der Waals surface area contributed by atoms with E-state index in [9.17, 15) is 4.79 Å². The van der Waals surface area contributed by atoms with Crippen LogP contribution >= 0.6 is 11.8 Å². The maximum atomic E-state index is 11.1. The van der Waals surface area contributed by atoms with Crippen molar-refractivity contribution in [1.82, 2.24) is 10.2 Å². The van der Waals surface area contributed by atoms with Crippen LogP contribution in [0.2, 0.25) is 0 Å². The monoisotopic (exact) mass is 260 g/mol. The van der Waals surface area contributed by atoms with Gasteiger partial charge >= 0.3 is 0 Å². The second kappa shape index (κ2) is 5.06. The molecule has 0 amide bonds. The number of H-pyrrole nitrogens is 2. The van der Waals surface area contributed by atoms with Crippen molar-refractivity contribution in [1.29, 1.82) is 0 Å². The third-order valence-electron chi connectivity index (χ3n) is 3.37. The molecule has 1 heterocycles. The summed E-state index contributed by atoms with van der Waals surface area (Å²) in [5, 5.41) is 6.22. The van der Waals surface area contributed by atoms with Gasteiger partial charge in [0.2, 0.25) is 0 Å². The van der Waals surface area contributed by atoms with Crippen molar-refractivity contribution in [3.63, 3.8) is 0 Å². The van der Waals surface area contributed by atoms with Crippen LogP contribution in [-0.2, 0) is 0 Å². The molecule has 0 bridgehead atoms. The normalized spacial score (nSPS) is 16.2. The molecule has 1 aliphatic carbocycles. The highest BCUT2D eigenvalue weighted by Crippen LogP contribution is 2.35. The number of thioether (sulfide) groups is 1. The highest BCUT2D eigenvalue weighted by molar-refractivity contribution is 8.00. The topological polar surface area (TPSA) is 48.6 Å². The lowest BCUT2D eigenvalue weighted by Gasteiger charge is -2.08. The van der Waals surface area contributed by atoms with Crippen LogP contribution in [0, 0.1) is 0 Å². The smallest absolute Gasteiger partial charge is 0.264 e. The fraction of sp³-hybridized carbons (Fsp3) is 0.357. The molecule has 18 heavy (non-hydrogen) atoms. The fourth-order valence-electron chi connectivity index (χ4n) is 2.40. The van der Waals surface area contributed by atoms with E-state index in [4.69, 9.17) is 0 Å². The molecule has 0 unspecified atom stereocenters. The third kappa shape index (κ3) is 2.53. The molecule has 0 radical (unpaired) electrons. The lowest BCUT2D eigenvalue weighted by molar-refractivity contribution is 0.886. The van der Waals surface area contributed by atoms with Gasteiger partial charge in [-0.15, -0.1) is 11.8 Å². The van der Waals surface area contributed by atoms with Crippen LogP contribution in [0.3, 0.4) is 0 Å². The van der Waals surface area contributed by atoms with Gasteiger partial charge in [-0.3, -0.25) is 15.0 Å². The zero-order valence-electron chi connectivity index (χ0n) is 10.1. The minimum Gasteiger partial charge on any atom is -0.298 e. The Balaban J connectivity index is 1.74. The van der Waals surface area contributed by atoms with E-state index in [-0.39, 0.29) is 5.56 Å². The Hall–Kier alpha value is -1.42. The average Bonchev–Trinajstić information content (AvgIpc) is 3.02. The minimum absolute atomic E-state index is 0.0885. The van der Waals surface area contributed by atoms with Crippen LogP contribution in [0.4, 0.5) is 0 Å². The van der Waals surface area contributed by atoms with Crippen LogP contribution in [-0.4, -0.2) is 15.4 Å². The summed E-state index contributed by atoms with van der Waals surface area (Å²) in [6.07, 6.45) is 5.44. The Morgan fingerprint density at radius 2 is 1.78 bits per heavy atom. The maximum Gasteiger partial charge on any atom is 0.264 e. The summed E-state index contributed by atoms with van der Waals surface area (Å²) >= 11 is 1.98. The molecule has 3 rings (SSSR count). The van der Waals surface area contributed by atoms with Crippen molar-refractivity contribution in [3.8, 4) is 11.3 Å². The lowest BCUT2D eigenvalue weighted by Crippen LogP contribution is -1.93. The van der Waals surface area contributed by atoms with Gasteiger partial charge in [-0.2, -0.15) is 0 Å². The SMILES string of the molecule is O=c1cc(-c2ccc(SC3CCCC3)cc2)[nH][nH]1. The van der Waals surface area contributed by atoms with Gasteiger partial charge in [-0.05, 0) is 30.5 Å². The minimum atomic E-state index is -0.0885. The third-order valence-corrected chi connectivity index (χ3v) is 4.72. The number of rotatable bonds is 3. The fourth-order valence-corrected chi connectivity index (χ4v) is 3.65. The predicted molar refractivity (Wildman–Crippen MR) is 75.0 cm³/mol. The first-order valence-corrected chi connectivity index (χ1v) is 7.24. The molecule has 2 aromatic rings. The van der Waals surface area contributed by atoms with Crippen molar-refractivity contribution in [2.75, 3.05) is 0 Å². The first-order chi connectivity index (χ1) is 8.81. The molecule has 0 saturated heterocycles. The number of aromatic amines is 2. The molecule has 1 saturated carbocycles. The van der Waals surface area contributed by atoms with Crippen LogP contribution in [0.15, 0.2) is 40.0 Å². The van der Waals surface area contributed by atoms with E-state index in [1.54, 1.807) is 6.07 Å². The molecule has 2 N–H and O–H groups in total. The average molecular weight is 260 g/mol. The van der Waals surface area contributed by atoms with Crippen molar-refractivity contribution in [2.45, 2.75) is 35.8 Å². The number of nitrogens with one attached hydrogen (secondary N) is 2. The lowest BCUT2D eigenvalue weighted by atomic mass is 10.2. The predicted octanol–water partition coefficient (Wildman–Crippen LogP) is 3.40. The molecule has 0 spiro atoms. The van der Waals surface area contributed by atoms with Crippen molar-refractivity contribution in [3.05, 3.63) is 40.7 Å². The summed E-state index contributed by atoms with van der Waals surface area (Å²) < 4.78 is 0. The van der Waals surface area contributed by atoms with E-state index < -0.39 is 0 Å². The summed E-state index contributed by atoms with van der Waals surface area (Å²) in [6.45, 7) is 0. The summed E-state index contributed by atoms with van der Waals surface area (Å²) in [7, 11) is 0. The van der Waals surface area contributed by atoms with Crippen molar-refractivity contribution < 1.29 is 0 Å². The summed E-state index contributed by atoms with van der Waals surface area (Å²) in [5.41, 5.74) is 1.80. The second-order valence-electron chi connectivity index (χ2n) is 4.72. The maximum absolute atomic E-state index is 11.1. The van der Waals surface area contributed by atoms with Gasteiger partial charge in [-0.25, -0.2) is 0 Å². The summed E-state index contributed by atoms with van der Waals surface area (Å²) in [5.74, 6) is 0. The molecule has 1 aromatic heterocycles. The number of hydrogen-bond acceptors (Lipinski definition) is 2. The van der Waals surface area contributed by atoms with Gasteiger partial charge in [0.05, 0.1) is 5.69 Å². The van der Waals surface area contributed by atoms with Crippen molar-refractivity contribution >= 4 is 11.8 Å². The first kappa shape index (κ1) is 11.7. The van der Waals surface area contributed by atoms with Gasteiger partial charge in [0.15, 0.2) is 0 Å². The molecular formula is C14H16N2OS. The van der Waals surface area contributed by atoms with Gasteiger partial charge in [-0.1, -0.05) is 25.0 Å². The Bertz CT molecular complexity index is 564. The highest BCUT2D eigenvalue weighted by atomic mass is 32.2. The highest BCUT2D eigenvalue weighted by Gasteiger charge is 2.15. The van der Waals surface area contributed by atoms with Crippen LogP contribution in [0.5, 0.6) is 0 Å². The molecule has 1 fully saturated rings. The van der Waals surface area contributed by atoms with Crippen LogP contribution in [0.25, 0.3) is 11.3 Å². The van der Waals surface area contributed by atoms with Gasteiger partial charge < -0.3 is 0 Å². The molecule has 94 valence electrons. The Kier molecular flexibility index (Phi) is 3.28. The molecule has 1 aromatic carbocycles. The van der Waals surface area contributed by atoms with E-state index in [0.717, 1.165) is 16.5 Å². The largest absolute Gasteiger partial charge is 0.298 e. The van der Waals surface area contributed by atoms with Crippen LogP contribution < -0.4 is 5.56 Å². The second-order valence-corrected chi connectivity index (χ2v) is 6.09. The van der Waals surface area contributed by atoms with E-state index in [2.05, 4.69) is 34.5 Å². The Morgan fingerprint density at radius 1 is 1.06 bits per heavy atom.